The molecule has 2 N–H and O–H groups in total. The van der Waals surface area contributed by atoms with Gasteiger partial charge in [-0.3, -0.25) is 0 Å². The standard InChI is InChI=1S/C12H24N2S/c1-3-4-10(2)9-14-7-5-11(6-8-14)12(13)15/h10-11H,3-9H2,1-2H3,(H2,13,15). The molecule has 3 heteroatoms. The van der Waals surface area contributed by atoms with Gasteiger partial charge in [-0.25, -0.2) is 0 Å². The summed E-state index contributed by atoms with van der Waals surface area (Å²) in [5, 5.41) is 0. The first kappa shape index (κ1) is 12.9. The molecule has 1 aliphatic heterocycles. The van der Waals surface area contributed by atoms with Crippen LogP contribution in [-0.2, 0) is 0 Å². The zero-order chi connectivity index (χ0) is 11.3. The summed E-state index contributed by atoms with van der Waals surface area (Å²) >= 11 is 5.04. The lowest BCUT2D eigenvalue weighted by Crippen LogP contribution is -2.39. The number of likely N-dealkylation sites (tertiary alicyclic amines) is 1. The van der Waals surface area contributed by atoms with Gasteiger partial charge in [-0.15, -0.1) is 0 Å². The van der Waals surface area contributed by atoms with E-state index < -0.39 is 0 Å². The van der Waals surface area contributed by atoms with Crippen LogP contribution in [-0.4, -0.2) is 29.5 Å². The molecule has 1 heterocycles. The molecule has 1 aliphatic rings. The predicted octanol–water partition coefficient (Wildman–Crippen LogP) is 2.42. The maximum absolute atomic E-state index is 5.67. The topological polar surface area (TPSA) is 29.3 Å². The van der Waals surface area contributed by atoms with Crippen molar-refractivity contribution in [1.82, 2.24) is 4.90 Å². The van der Waals surface area contributed by atoms with E-state index in [0.29, 0.717) is 5.92 Å². The number of nitrogens with two attached hydrogens (primary N) is 1. The summed E-state index contributed by atoms with van der Waals surface area (Å²) in [6.45, 7) is 8.21. The van der Waals surface area contributed by atoms with Crippen LogP contribution in [0.3, 0.4) is 0 Å². The van der Waals surface area contributed by atoms with E-state index in [2.05, 4.69) is 18.7 Å². The highest BCUT2D eigenvalue weighted by Crippen LogP contribution is 2.19. The predicted molar refractivity (Wildman–Crippen MR) is 70.0 cm³/mol. The normalized spacial score (nSPS) is 21.5. The van der Waals surface area contributed by atoms with Gasteiger partial charge in [0.1, 0.15) is 0 Å². The summed E-state index contributed by atoms with van der Waals surface area (Å²) in [5.74, 6) is 1.33. The Morgan fingerprint density at radius 2 is 2.07 bits per heavy atom. The lowest BCUT2D eigenvalue weighted by Gasteiger charge is -2.33. The molecule has 1 unspecified atom stereocenters. The Labute approximate surface area is 99.2 Å². The van der Waals surface area contributed by atoms with Crippen LogP contribution < -0.4 is 5.73 Å². The van der Waals surface area contributed by atoms with Crippen molar-refractivity contribution in [3.05, 3.63) is 0 Å². The van der Waals surface area contributed by atoms with E-state index in [4.69, 9.17) is 18.0 Å². The maximum Gasteiger partial charge on any atom is 0.0759 e. The quantitative estimate of drug-likeness (QED) is 0.733. The van der Waals surface area contributed by atoms with Crippen LogP contribution in [0.5, 0.6) is 0 Å². The Morgan fingerprint density at radius 1 is 1.47 bits per heavy atom. The molecule has 0 aromatic rings. The highest BCUT2D eigenvalue weighted by Gasteiger charge is 2.21. The minimum atomic E-state index is 0.498. The van der Waals surface area contributed by atoms with E-state index in [0.717, 1.165) is 23.7 Å². The molecule has 1 fully saturated rings. The molecule has 1 atom stereocenters. The summed E-state index contributed by atoms with van der Waals surface area (Å²) in [6.07, 6.45) is 4.96. The fourth-order valence-electron chi connectivity index (χ4n) is 2.42. The Balaban J connectivity index is 2.22. The molecule has 88 valence electrons. The minimum Gasteiger partial charge on any atom is -0.393 e. The Kier molecular flexibility index (Phi) is 5.54. The molecule has 0 radical (unpaired) electrons. The van der Waals surface area contributed by atoms with Crippen molar-refractivity contribution in [3.8, 4) is 0 Å². The third kappa shape index (κ3) is 4.47. The van der Waals surface area contributed by atoms with Crippen LogP contribution in [0.4, 0.5) is 0 Å². The van der Waals surface area contributed by atoms with Crippen molar-refractivity contribution >= 4 is 17.2 Å². The maximum atomic E-state index is 5.67. The Bertz CT molecular complexity index is 198. The molecule has 0 aromatic heterocycles. The van der Waals surface area contributed by atoms with Gasteiger partial charge in [0.05, 0.1) is 4.99 Å². The molecule has 1 rings (SSSR count). The van der Waals surface area contributed by atoms with Crippen LogP contribution in [0.1, 0.15) is 39.5 Å². The summed E-state index contributed by atoms with van der Waals surface area (Å²) in [5.41, 5.74) is 5.67. The molecule has 2 nitrogen and oxygen atoms in total. The van der Waals surface area contributed by atoms with Crippen molar-refractivity contribution in [1.29, 1.82) is 0 Å². The van der Waals surface area contributed by atoms with Gasteiger partial charge >= 0.3 is 0 Å². The lowest BCUT2D eigenvalue weighted by molar-refractivity contribution is 0.181. The number of rotatable bonds is 5. The minimum absolute atomic E-state index is 0.498. The SMILES string of the molecule is CCCC(C)CN1CCC(C(N)=S)CC1. The van der Waals surface area contributed by atoms with Crippen molar-refractivity contribution in [2.45, 2.75) is 39.5 Å². The third-order valence-electron chi connectivity index (χ3n) is 3.34. The van der Waals surface area contributed by atoms with Gasteiger partial charge in [-0.1, -0.05) is 32.5 Å². The molecule has 0 bridgehead atoms. The number of hydrogen-bond donors (Lipinski definition) is 1. The largest absolute Gasteiger partial charge is 0.393 e. The highest BCUT2D eigenvalue weighted by molar-refractivity contribution is 7.80. The first-order valence-corrected chi connectivity index (χ1v) is 6.56. The van der Waals surface area contributed by atoms with Gasteiger partial charge in [0, 0.05) is 12.5 Å². The molecule has 0 amide bonds. The third-order valence-corrected chi connectivity index (χ3v) is 3.67. The summed E-state index contributed by atoms with van der Waals surface area (Å²) in [6, 6.07) is 0. The number of piperidine rings is 1. The smallest absolute Gasteiger partial charge is 0.0759 e. The average molecular weight is 228 g/mol. The van der Waals surface area contributed by atoms with E-state index in [1.807, 2.05) is 0 Å². The van der Waals surface area contributed by atoms with Crippen LogP contribution in [0, 0.1) is 11.8 Å². The molecule has 0 aliphatic carbocycles. The van der Waals surface area contributed by atoms with Crippen LogP contribution in [0.25, 0.3) is 0 Å². The van der Waals surface area contributed by atoms with Crippen LogP contribution in [0.15, 0.2) is 0 Å². The fraction of sp³-hybridized carbons (Fsp3) is 0.917. The van der Waals surface area contributed by atoms with Gasteiger partial charge < -0.3 is 10.6 Å². The first-order valence-electron chi connectivity index (χ1n) is 6.15. The molecular weight excluding hydrogens is 204 g/mol. The van der Waals surface area contributed by atoms with Gasteiger partial charge in [0.15, 0.2) is 0 Å². The van der Waals surface area contributed by atoms with Crippen molar-refractivity contribution in [2.75, 3.05) is 19.6 Å². The first-order chi connectivity index (χ1) is 7.13. The van der Waals surface area contributed by atoms with Crippen molar-refractivity contribution in [2.24, 2.45) is 17.6 Å². The molecule has 15 heavy (non-hydrogen) atoms. The summed E-state index contributed by atoms with van der Waals surface area (Å²) in [7, 11) is 0. The van der Waals surface area contributed by atoms with E-state index in [-0.39, 0.29) is 0 Å². The Morgan fingerprint density at radius 3 is 2.53 bits per heavy atom. The number of hydrogen-bond acceptors (Lipinski definition) is 2. The molecular formula is C12H24N2S. The number of nitrogens with zero attached hydrogens (tertiary/aromatic N) is 1. The number of thiocarbonyl (C=S) groups is 1. The molecule has 0 aromatic carbocycles. The van der Waals surface area contributed by atoms with Gasteiger partial charge in [-0.2, -0.15) is 0 Å². The summed E-state index contributed by atoms with van der Waals surface area (Å²) in [4.78, 5) is 3.28. The second-order valence-electron chi connectivity index (χ2n) is 4.87. The second-order valence-corrected chi connectivity index (χ2v) is 5.34. The van der Waals surface area contributed by atoms with Crippen molar-refractivity contribution < 1.29 is 0 Å². The van der Waals surface area contributed by atoms with E-state index >= 15 is 0 Å². The van der Waals surface area contributed by atoms with E-state index in [1.54, 1.807) is 0 Å². The molecule has 1 saturated heterocycles. The highest BCUT2D eigenvalue weighted by atomic mass is 32.1. The summed E-state index contributed by atoms with van der Waals surface area (Å²) < 4.78 is 0. The molecule has 0 spiro atoms. The zero-order valence-electron chi connectivity index (χ0n) is 10.0. The van der Waals surface area contributed by atoms with Gasteiger partial charge in [0.25, 0.3) is 0 Å². The average Bonchev–Trinajstić information content (AvgIpc) is 2.18. The van der Waals surface area contributed by atoms with Gasteiger partial charge in [0.2, 0.25) is 0 Å². The monoisotopic (exact) mass is 228 g/mol. The Hall–Kier alpha value is -0.150. The van der Waals surface area contributed by atoms with Gasteiger partial charge in [-0.05, 0) is 38.3 Å². The zero-order valence-corrected chi connectivity index (χ0v) is 10.9. The lowest BCUT2D eigenvalue weighted by atomic mass is 9.95. The molecule has 0 saturated carbocycles. The second kappa shape index (κ2) is 6.44. The van der Waals surface area contributed by atoms with E-state index in [1.165, 1.54) is 32.5 Å². The van der Waals surface area contributed by atoms with E-state index in [9.17, 15) is 0 Å². The van der Waals surface area contributed by atoms with Crippen molar-refractivity contribution in [3.63, 3.8) is 0 Å². The fourth-order valence-corrected chi connectivity index (χ4v) is 2.66. The van der Waals surface area contributed by atoms with Crippen LogP contribution >= 0.6 is 12.2 Å². The van der Waals surface area contributed by atoms with Crippen LogP contribution in [0.2, 0.25) is 0 Å².